The number of anilines is 1. The molecule has 0 saturated heterocycles. The van der Waals surface area contributed by atoms with Crippen LogP contribution in [0.4, 0.5) is 5.69 Å². The van der Waals surface area contributed by atoms with Crippen LogP contribution < -0.4 is 5.32 Å². The zero-order valence-electron chi connectivity index (χ0n) is 8.25. The van der Waals surface area contributed by atoms with Gasteiger partial charge in [0.2, 0.25) is 0 Å². The van der Waals surface area contributed by atoms with Crippen LogP contribution in [0.15, 0.2) is 29.6 Å². The highest BCUT2D eigenvalue weighted by atomic mass is 32.2. The van der Waals surface area contributed by atoms with Gasteiger partial charge in [-0.2, -0.15) is 0 Å². The number of aliphatic carboxylic acids is 1. The first-order valence-corrected chi connectivity index (χ1v) is 5.63. The Balaban J connectivity index is 2.09. The second-order valence-electron chi connectivity index (χ2n) is 3.30. The smallest absolute Gasteiger partial charge is 0.311 e. The van der Waals surface area contributed by atoms with Crippen LogP contribution in [0.1, 0.15) is 0 Å². The van der Waals surface area contributed by atoms with Gasteiger partial charge in [0.15, 0.2) is 5.75 Å². The number of carboxylic acids is 1. The van der Waals surface area contributed by atoms with Crippen molar-refractivity contribution in [1.29, 1.82) is 0 Å². The van der Waals surface area contributed by atoms with Crippen molar-refractivity contribution in [3.63, 3.8) is 0 Å². The van der Waals surface area contributed by atoms with Gasteiger partial charge < -0.3 is 15.5 Å². The standard InChI is InChI=1S/C10H10N2O3S/c13-8-4-11-2-1-7(8)12-9-3-6(5-16-9)10(14)15/h1-4,6,13H,5H2,(H,11,12)(H,14,15)/t6-/m0/s1. The molecule has 0 aliphatic carbocycles. The molecule has 0 radical (unpaired) electrons. The van der Waals surface area contributed by atoms with E-state index in [9.17, 15) is 9.90 Å². The highest BCUT2D eigenvalue weighted by Crippen LogP contribution is 2.32. The normalized spacial score (nSPS) is 19.2. The summed E-state index contributed by atoms with van der Waals surface area (Å²) in [6, 6.07) is 1.63. The molecule has 1 atom stereocenters. The average molecular weight is 238 g/mol. The van der Waals surface area contributed by atoms with Gasteiger partial charge in [0.05, 0.1) is 22.8 Å². The predicted octanol–water partition coefficient (Wildman–Crippen LogP) is 1.49. The summed E-state index contributed by atoms with van der Waals surface area (Å²) in [6.07, 6.45) is 4.53. The number of carboxylic acid groups (broad SMARTS) is 1. The summed E-state index contributed by atoms with van der Waals surface area (Å²) in [7, 11) is 0. The maximum atomic E-state index is 10.7. The van der Waals surface area contributed by atoms with Crippen molar-refractivity contribution in [3.05, 3.63) is 29.6 Å². The zero-order chi connectivity index (χ0) is 11.5. The van der Waals surface area contributed by atoms with Crippen molar-refractivity contribution in [2.45, 2.75) is 0 Å². The second kappa shape index (κ2) is 4.44. The molecule has 2 heterocycles. The fourth-order valence-corrected chi connectivity index (χ4v) is 2.34. The van der Waals surface area contributed by atoms with Gasteiger partial charge in [0, 0.05) is 11.9 Å². The third-order valence-electron chi connectivity index (χ3n) is 2.15. The van der Waals surface area contributed by atoms with Crippen LogP contribution in [-0.2, 0) is 4.79 Å². The maximum absolute atomic E-state index is 10.7. The van der Waals surface area contributed by atoms with Crippen LogP contribution in [0.2, 0.25) is 0 Å². The van der Waals surface area contributed by atoms with E-state index in [1.807, 2.05) is 0 Å². The molecular weight excluding hydrogens is 228 g/mol. The van der Waals surface area contributed by atoms with Crippen LogP contribution in [0.3, 0.4) is 0 Å². The molecule has 0 aromatic carbocycles. The number of pyridine rings is 1. The van der Waals surface area contributed by atoms with Crippen molar-refractivity contribution < 1.29 is 15.0 Å². The van der Waals surface area contributed by atoms with E-state index in [4.69, 9.17) is 5.11 Å². The Bertz CT molecular complexity index is 447. The van der Waals surface area contributed by atoms with Gasteiger partial charge in [0.1, 0.15) is 0 Å². The number of hydrogen-bond donors (Lipinski definition) is 3. The summed E-state index contributed by atoms with van der Waals surface area (Å²) < 4.78 is 0. The number of carbonyl (C=O) groups is 1. The molecule has 0 unspecified atom stereocenters. The first-order valence-electron chi connectivity index (χ1n) is 4.64. The monoisotopic (exact) mass is 238 g/mol. The topological polar surface area (TPSA) is 82.5 Å². The molecule has 2 rings (SSSR count). The number of aromatic nitrogens is 1. The summed E-state index contributed by atoms with van der Waals surface area (Å²) in [4.78, 5) is 14.5. The Morgan fingerprint density at radius 2 is 2.44 bits per heavy atom. The first kappa shape index (κ1) is 10.8. The van der Waals surface area contributed by atoms with E-state index in [0.29, 0.717) is 11.4 Å². The molecule has 0 bridgehead atoms. The number of hydrogen-bond acceptors (Lipinski definition) is 5. The predicted molar refractivity (Wildman–Crippen MR) is 61.2 cm³/mol. The van der Waals surface area contributed by atoms with Gasteiger partial charge in [-0.15, -0.1) is 11.8 Å². The lowest BCUT2D eigenvalue weighted by Gasteiger charge is -2.06. The third kappa shape index (κ3) is 2.27. The molecule has 0 fully saturated rings. The van der Waals surface area contributed by atoms with E-state index in [2.05, 4.69) is 10.3 Å². The number of aromatic hydroxyl groups is 1. The van der Waals surface area contributed by atoms with Gasteiger partial charge in [-0.1, -0.05) is 0 Å². The molecule has 1 aliphatic rings. The van der Waals surface area contributed by atoms with E-state index in [1.54, 1.807) is 18.3 Å². The highest BCUT2D eigenvalue weighted by Gasteiger charge is 2.23. The lowest BCUT2D eigenvalue weighted by Crippen LogP contribution is -2.10. The van der Waals surface area contributed by atoms with E-state index in [-0.39, 0.29) is 5.75 Å². The summed E-state index contributed by atoms with van der Waals surface area (Å²) in [5.41, 5.74) is 0.528. The first-order chi connectivity index (χ1) is 7.66. The summed E-state index contributed by atoms with van der Waals surface area (Å²) in [6.45, 7) is 0. The Hall–Kier alpha value is -1.69. The zero-order valence-corrected chi connectivity index (χ0v) is 9.07. The summed E-state index contributed by atoms with van der Waals surface area (Å²) in [5.74, 6) is -0.730. The Kier molecular flexibility index (Phi) is 3.00. The highest BCUT2D eigenvalue weighted by molar-refractivity contribution is 8.03. The largest absolute Gasteiger partial charge is 0.504 e. The SMILES string of the molecule is O=C(O)[C@H]1C=C(Nc2ccncc2O)SC1. The number of nitrogens with zero attached hydrogens (tertiary/aromatic N) is 1. The molecule has 84 valence electrons. The van der Waals surface area contributed by atoms with Crippen molar-refractivity contribution in [1.82, 2.24) is 4.98 Å². The van der Waals surface area contributed by atoms with E-state index in [1.165, 1.54) is 18.0 Å². The van der Waals surface area contributed by atoms with E-state index < -0.39 is 11.9 Å². The summed E-state index contributed by atoms with van der Waals surface area (Å²) in [5, 5.41) is 22.0. The van der Waals surface area contributed by atoms with Crippen LogP contribution in [-0.4, -0.2) is 26.9 Å². The lowest BCUT2D eigenvalue weighted by molar-refractivity contribution is -0.139. The fourth-order valence-electron chi connectivity index (χ4n) is 1.30. The number of thioether (sulfide) groups is 1. The Morgan fingerprint density at radius 1 is 1.62 bits per heavy atom. The molecule has 1 aromatic rings. The molecule has 0 saturated carbocycles. The Labute approximate surface area is 96.2 Å². The minimum absolute atomic E-state index is 0.0442. The second-order valence-corrected chi connectivity index (χ2v) is 4.37. The van der Waals surface area contributed by atoms with Gasteiger partial charge in [-0.05, 0) is 12.1 Å². The van der Waals surface area contributed by atoms with E-state index in [0.717, 1.165) is 5.03 Å². The minimum Gasteiger partial charge on any atom is -0.504 e. The number of nitrogens with one attached hydrogen (secondary N) is 1. The van der Waals surface area contributed by atoms with E-state index >= 15 is 0 Å². The van der Waals surface area contributed by atoms with Gasteiger partial charge in [-0.3, -0.25) is 9.78 Å². The molecule has 0 spiro atoms. The van der Waals surface area contributed by atoms with Gasteiger partial charge in [-0.25, -0.2) is 0 Å². The molecule has 3 N–H and O–H groups in total. The molecule has 1 aliphatic heterocycles. The summed E-state index contributed by atoms with van der Waals surface area (Å²) >= 11 is 1.42. The van der Waals surface area contributed by atoms with Crippen molar-refractivity contribution in [2.75, 3.05) is 11.1 Å². The van der Waals surface area contributed by atoms with Crippen molar-refractivity contribution >= 4 is 23.4 Å². The Morgan fingerprint density at radius 3 is 3.06 bits per heavy atom. The van der Waals surface area contributed by atoms with Gasteiger partial charge in [0.25, 0.3) is 0 Å². The van der Waals surface area contributed by atoms with Gasteiger partial charge >= 0.3 is 5.97 Å². The van der Waals surface area contributed by atoms with Crippen LogP contribution in [0.25, 0.3) is 0 Å². The van der Waals surface area contributed by atoms with Crippen molar-refractivity contribution in [2.24, 2.45) is 5.92 Å². The maximum Gasteiger partial charge on any atom is 0.311 e. The molecule has 5 nitrogen and oxygen atoms in total. The quantitative estimate of drug-likeness (QED) is 0.740. The van der Waals surface area contributed by atoms with Crippen LogP contribution in [0, 0.1) is 5.92 Å². The molecule has 1 aromatic heterocycles. The minimum atomic E-state index is -0.830. The van der Waals surface area contributed by atoms with Crippen molar-refractivity contribution in [3.8, 4) is 5.75 Å². The number of rotatable bonds is 3. The fraction of sp³-hybridized carbons (Fsp3) is 0.200. The van der Waals surface area contributed by atoms with Crippen LogP contribution in [0.5, 0.6) is 5.75 Å². The molecular formula is C10H10N2O3S. The average Bonchev–Trinajstić information content (AvgIpc) is 2.70. The third-order valence-corrected chi connectivity index (χ3v) is 3.22. The molecule has 0 amide bonds. The molecule has 16 heavy (non-hydrogen) atoms. The van der Waals surface area contributed by atoms with Crippen LogP contribution >= 0.6 is 11.8 Å². The lowest BCUT2D eigenvalue weighted by atomic mass is 10.2. The molecule has 6 heteroatoms.